The van der Waals surface area contributed by atoms with Crippen molar-refractivity contribution in [1.29, 1.82) is 0 Å². The van der Waals surface area contributed by atoms with Crippen LogP contribution in [0.1, 0.15) is 34.6 Å². The van der Waals surface area contributed by atoms with Gasteiger partial charge in [-0.1, -0.05) is 51.5 Å². The van der Waals surface area contributed by atoms with Crippen LogP contribution in [0.5, 0.6) is 5.75 Å². The Labute approximate surface area is 240 Å². The minimum atomic E-state index is -0.814. The lowest BCUT2D eigenvalue weighted by molar-refractivity contribution is -0.140. The monoisotopic (exact) mass is 622 g/mol. The Hall–Kier alpha value is -4.06. The van der Waals surface area contributed by atoms with E-state index in [1.165, 1.54) is 35.3 Å². The zero-order chi connectivity index (χ0) is 28.2. The van der Waals surface area contributed by atoms with Crippen molar-refractivity contribution < 1.29 is 28.2 Å². The molecule has 0 fully saturated rings. The smallest absolute Gasteiger partial charge is 0.379 e. The summed E-state index contributed by atoms with van der Waals surface area (Å²) in [6.07, 6.45) is 3.17. The van der Waals surface area contributed by atoms with Gasteiger partial charge in [0.15, 0.2) is 4.80 Å². The Morgan fingerprint density at radius 1 is 1.10 bits per heavy atom. The number of fused-ring (bicyclic) bond motifs is 1. The number of methoxy groups -OCH3 is 1. The van der Waals surface area contributed by atoms with Crippen LogP contribution in [0.2, 0.25) is 0 Å². The molecule has 3 heterocycles. The predicted molar refractivity (Wildman–Crippen MR) is 151 cm³/mol. The lowest BCUT2D eigenvalue weighted by atomic mass is 9.96. The van der Waals surface area contributed by atoms with Gasteiger partial charge >= 0.3 is 11.9 Å². The van der Waals surface area contributed by atoms with E-state index in [9.17, 15) is 14.4 Å². The topological polar surface area (TPSA) is 109 Å². The molecule has 0 bridgehead atoms. The maximum Gasteiger partial charge on any atom is 0.379 e. The highest BCUT2D eigenvalue weighted by Crippen LogP contribution is 2.32. The molecule has 2 aromatic heterocycles. The molecule has 4 aromatic rings. The van der Waals surface area contributed by atoms with Crippen molar-refractivity contribution in [1.82, 2.24) is 4.57 Å². The average molecular weight is 623 g/mol. The molecule has 1 aliphatic heterocycles. The number of aromatic nitrogens is 1. The number of halogens is 1. The molecule has 0 saturated heterocycles. The molecule has 0 N–H and O–H groups in total. The number of rotatable bonds is 8. The molecule has 0 radical (unpaired) electrons. The number of nitrogens with zero attached hydrogens (tertiary/aromatic N) is 2. The molecule has 11 heteroatoms. The molecule has 1 unspecified atom stereocenters. The number of benzene rings is 2. The van der Waals surface area contributed by atoms with E-state index >= 15 is 0 Å². The maximum absolute atomic E-state index is 13.8. The average Bonchev–Trinajstić information content (AvgIpc) is 3.57. The second kappa shape index (κ2) is 12.0. The fourth-order valence-electron chi connectivity index (χ4n) is 4.21. The Balaban J connectivity index is 1.57. The van der Waals surface area contributed by atoms with Gasteiger partial charge in [0.2, 0.25) is 5.76 Å². The first kappa shape index (κ1) is 27.5. The summed E-state index contributed by atoms with van der Waals surface area (Å²) in [7, 11) is 1.51. The quantitative estimate of drug-likeness (QED) is 0.166. The van der Waals surface area contributed by atoms with E-state index < -0.39 is 18.0 Å². The van der Waals surface area contributed by atoms with Crippen LogP contribution < -0.4 is 19.6 Å². The van der Waals surface area contributed by atoms with E-state index in [-0.39, 0.29) is 35.9 Å². The number of furan rings is 1. The number of hydrogen-bond acceptors (Lipinski definition) is 9. The van der Waals surface area contributed by atoms with Gasteiger partial charge in [-0.3, -0.25) is 9.36 Å². The first-order chi connectivity index (χ1) is 19.4. The zero-order valence-electron chi connectivity index (χ0n) is 21.5. The predicted octanol–water partition coefficient (Wildman–Crippen LogP) is 4.00. The summed E-state index contributed by atoms with van der Waals surface area (Å²) in [5.41, 5.74) is 1.83. The third kappa shape index (κ3) is 5.76. The summed E-state index contributed by atoms with van der Waals surface area (Å²) in [6.45, 7) is 1.99. The summed E-state index contributed by atoms with van der Waals surface area (Å²) in [4.78, 5) is 44.4. The number of thiazole rings is 1. The van der Waals surface area contributed by atoms with Crippen molar-refractivity contribution in [2.24, 2.45) is 4.99 Å². The molecule has 1 atom stereocenters. The number of carbonyl (C=O) groups excluding carboxylic acids is 2. The Morgan fingerprint density at radius 3 is 2.60 bits per heavy atom. The minimum absolute atomic E-state index is 0.0494. The molecule has 204 valence electrons. The van der Waals surface area contributed by atoms with Crippen LogP contribution >= 0.6 is 27.3 Å². The second-order valence-electron chi connectivity index (χ2n) is 8.70. The fraction of sp³-hybridized carbons (Fsp3) is 0.172. The van der Waals surface area contributed by atoms with Gasteiger partial charge in [-0.2, -0.15) is 0 Å². The first-order valence-corrected chi connectivity index (χ1v) is 13.8. The number of hydrogen-bond donors (Lipinski definition) is 0. The molecule has 1 aliphatic rings. The van der Waals surface area contributed by atoms with Gasteiger partial charge in [0.05, 0.1) is 34.7 Å². The van der Waals surface area contributed by atoms with E-state index in [0.29, 0.717) is 20.6 Å². The molecule has 5 rings (SSSR count). The minimum Gasteiger partial charge on any atom is -0.460 e. The van der Waals surface area contributed by atoms with Crippen molar-refractivity contribution in [2.45, 2.75) is 13.0 Å². The van der Waals surface area contributed by atoms with Crippen LogP contribution in [0.15, 0.2) is 96.9 Å². The third-order valence-electron chi connectivity index (χ3n) is 6.04. The maximum atomic E-state index is 13.8. The number of ether oxygens (including phenoxy) is 3. The van der Waals surface area contributed by atoms with Gasteiger partial charge in [-0.15, -0.1) is 0 Å². The molecule has 0 spiro atoms. The summed E-state index contributed by atoms with van der Waals surface area (Å²) >= 11 is 4.70. The highest BCUT2D eigenvalue weighted by atomic mass is 79.9. The molecule has 0 amide bonds. The highest BCUT2D eigenvalue weighted by Gasteiger charge is 2.33. The molecular weight excluding hydrogens is 600 g/mol. The molecule has 0 aliphatic carbocycles. The van der Waals surface area contributed by atoms with Crippen LogP contribution in [0.25, 0.3) is 6.08 Å². The zero-order valence-corrected chi connectivity index (χ0v) is 23.9. The summed E-state index contributed by atoms with van der Waals surface area (Å²) in [6, 6.07) is 16.4. The van der Waals surface area contributed by atoms with E-state index in [2.05, 4.69) is 20.9 Å². The van der Waals surface area contributed by atoms with Gasteiger partial charge in [-0.25, -0.2) is 14.6 Å². The van der Waals surface area contributed by atoms with Crippen molar-refractivity contribution in [3.63, 3.8) is 0 Å². The van der Waals surface area contributed by atoms with E-state index in [4.69, 9.17) is 18.6 Å². The van der Waals surface area contributed by atoms with Crippen molar-refractivity contribution >= 4 is 45.3 Å². The second-order valence-corrected chi connectivity index (χ2v) is 10.6. The summed E-state index contributed by atoms with van der Waals surface area (Å²) < 4.78 is 23.8. The highest BCUT2D eigenvalue weighted by molar-refractivity contribution is 9.10. The molecule has 0 saturated carbocycles. The van der Waals surface area contributed by atoms with Crippen molar-refractivity contribution in [2.75, 3.05) is 20.3 Å². The standard InChI is InChI=1S/C29H23BrN2O7S/c1-17-24(28(35)38-14-13-36-2)25(19-8-10-21(11-9-19)39-27(34)22-7-4-12-37-22)32-26(33)23(40-29(32)31-17)16-18-5-3-6-20(30)15-18/h3-12,15-16,25H,13-14H2,1-2H3/b23-16+. The van der Waals surface area contributed by atoms with Gasteiger partial charge in [0.1, 0.15) is 12.4 Å². The Kier molecular flexibility index (Phi) is 8.24. The number of carbonyl (C=O) groups is 2. The van der Waals surface area contributed by atoms with E-state index in [1.807, 2.05) is 24.3 Å². The van der Waals surface area contributed by atoms with Crippen LogP contribution in [-0.2, 0) is 14.3 Å². The van der Waals surface area contributed by atoms with Crippen LogP contribution in [-0.4, -0.2) is 36.8 Å². The van der Waals surface area contributed by atoms with Gasteiger partial charge in [0, 0.05) is 11.6 Å². The van der Waals surface area contributed by atoms with Crippen LogP contribution in [0.4, 0.5) is 0 Å². The molecule has 9 nitrogen and oxygen atoms in total. The molecule has 2 aromatic carbocycles. The van der Waals surface area contributed by atoms with Gasteiger partial charge < -0.3 is 18.6 Å². The van der Waals surface area contributed by atoms with Gasteiger partial charge in [-0.05, 0) is 60.5 Å². The lowest BCUT2D eigenvalue weighted by Crippen LogP contribution is -2.40. The number of esters is 2. The summed E-state index contributed by atoms with van der Waals surface area (Å²) in [5, 5.41) is 0. The normalized spacial score (nSPS) is 15.0. The Bertz CT molecular complexity index is 1770. The van der Waals surface area contributed by atoms with Gasteiger partial charge in [0.25, 0.3) is 5.56 Å². The summed E-state index contributed by atoms with van der Waals surface area (Å²) in [5.74, 6) is -0.896. The first-order valence-electron chi connectivity index (χ1n) is 12.2. The lowest BCUT2D eigenvalue weighted by Gasteiger charge is -2.25. The Morgan fingerprint density at radius 2 is 1.90 bits per heavy atom. The third-order valence-corrected chi connectivity index (χ3v) is 7.51. The van der Waals surface area contributed by atoms with Crippen LogP contribution in [0.3, 0.4) is 0 Å². The van der Waals surface area contributed by atoms with Crippen LogP contribution in [0, 0.1) is 0 Å². The largest absolute Gasteiger partial charge is 0.460 e. The van der Waals surface area contributed by atoms with E-state index in [0.717, 1.165) is 10.0 Å². The van der Waals surface area contributed by atoms with Crippen molar-refractivity contribution in [3.8, 4) is 5.75 Å². The molecule has 40 heavy (non-hydrogen) atoms. The van der Waals surface area contributed by atoms with Crippen molar-refractivity contribution in [3.05, 3.63) is 119 Å². The number of allylic oxidation sites excluding steroid dienone is 1. The molecular formula is C29H23BrN2O7S. The fourth-order valence-corrected chi connectivity index (χ4v) is 5.68. The SMILES string of the molecule is COCCOC(=O)C1=C(C)N=c2s/c(=C/c3cccc(Br)c3)c(=O)n2C1c1ccc(OC(=O)c2ccco2)cc1. The van der Waals surface area contributed by atoms with E-state index in [1.54, 1.807) is 43.3 Å².